The van der Waals surface area contributed by atoms with Crippen molar-refractivity contribution in [1.82, 2.24) is 19.9 Å². The molecule has 6 nitrogen and oxygen atoms in total. The molecular formula is C22H23N5O. The predicted molar refractivity (Wildman–Crippen MR) is 108 cm³/mol. The van der Waals surface area contributed by atoms with Gasteiger partial charge >= 0.3 is 0 Å². The quantitative estimate of drug-likeness (QED) is 0.766. The standard InChI is InChI=1S/C22H23N5O/c1-14-10-15(2)25-22(24-14)27-12-16-11-26(13-20(16)27)21(28)18-7-4-3-6-17(18)19-8-5-9-23-19/h3-10,16,20,23H,11-13H2,1-2H3. The van der Waals surface area contributed by atoms with E-state index in [1.807, 2.05) is 67.4 Å². The predicted octanol–water partition coefficient (Wildman–Crippen LogP) is 3.05. The Hall–Kier alpha value is -3.15. The van der Waals surface area contributed by atoms with Gasteiger partial charge in [0.1, 0.15) is 0 Å². The number of carbonyl (C=O) groups is 1. The number of anilines is 1. The second kappa shape index (κ2) is 6.48. The Labute approximate surface area is 164 Å². The van der Waals surface area contributed by atoms with E-state index in [1.54, 1.807) is 0 Å². The second-order valence-corrected chi connectivity index (χ2v) is 7.77. The average Bonchev–Trinajstić information content (AvgIpc) is 3.30. The van der Waals surface area contributed by atoms with Gasteiger partial charge in [0.2, 0.25) is 5.95 Å². The first kappa shape index (κ1) is 17.0. The SMILES string of the molecule is Cc1cc(C)nc(N2CC3CN(C(=O)c4ccccc4-c4ccc[nH]4)CC32)n1. The van der Waals surface area contributed by atoms with Crippen molar-refractivity contribution in [3.8, 4) is 11.3 Å². The van der Waals surface area contributed by atoms with Gasteiger partial charge in [-0.3, -0.25) is 4.79 Å². The summed E-state index contributed by atoms with van der Waals surface area (Å²) in [6.45, 7) is 6.42. The van der Waals surface area contributed by atoms with Crippen LogP contribution in [-0.4, -0.2) is 51.4 Å². The van der Waals surface area contributed by atoms with Gasteiger partial charge in [0.15, 0.2) is 0 Å². The zero-order valence-electron chi connectivity index (χ0n) is 16.1. The number of H-pyrrole nitrogens is 1. The summed E-state index contributed by atoms with van der Waals surface area (Å²) in [6, 6.07) is 14.1. The van der Waals surface area contributed by atoms with Crippen LogP contribution in [0, 0.1) is 19.8 Å². The van der Waals surface area contributed by atoms with Gasteiger partial charge in [0.05, 0.1) is 6.04 Å². The number of fused-ring (bicyclic) bond motifs is 1. The number of hydrogen-bond acceptors (Lipinski definition) is 4. The number of aryl methyl sites for hydroxylation is 2. The number of amides is 1. The molecular weight excluding hydrogens is 350 g/mol. The lowest BCUT2D eigenvalue weighted by Gasteiger charge is -2.43. The number of nitrogens with zero attached hydrogens (tertiary/aromatic N) is 4. The van der Waals surface area contributed by atoms with Crippen LogP contribution in [0.5, 0.6) is 0 Å². The molecule has 2 aromatic heterocycles. The minimum atomic E-state index is 0.0980. The lowest BCUT2D eigenvalue weighted by atomic mass is 9.92. The number of aromatic amines is 1. The number of nitrogens with one attached hydrogen (secondary N) is 1. The van der Waals surface area contributed by atoms with E-state index in [-0.39, 0.29) is 5.91 Å². The summed E-state index contributed by atoms with van der Waals surface area (Å²) in [5.41, 5.74) is 4.64. The molecule has 5 rings (SSSR count). The number of hydrogen-bond donors (Lipinski definition) is 1. The minimum Gasteiger partial charge on any atom is -0.361 e. The van der Waals surface area contributed by atoms with E-state index in [4.69, 9.17) is 0 Å². The molecule has 1 N–H and O–H groups in total. The number of rotatable bonds is 3. The van der Waals surface area contributed by atoms with E-state index in [1.165, 1.54) is 0 Å². The maximum atomic E-state index is 13.3. The summed E-state index contributed by atoms with van der Waals surface area (Å²) in [6.07, 6.45) is 1.88. The molecule has 1 aromatic carbocycles. The fourth-order valence-electron chi connectivity index (χ4n) is 4.44. The highest BCUT2D eigenvalue weighted by Gasteiger charge is 2.48. The van der Waals surface area contributed by atoms with Crippen LogP contribution >= 0.6 is 0 Å². The Morgan fingerprint density at radius 1 is 1.04 bits per heavy atom. The highest BCUT2D eigenvalue weighted by Crippen LogP contribution is 2.36. The molecule has 2 fully saturated rings. The number of likely N-dealkylation sites (tertiary alicyclic amines) is 1. The Morgan fingerprint density at radius 2 is 1.82 bits per heavy atom. The van der Waals surface area contributed by atoms with Gasteiger partial charge in [0.25, 0.3) is 5.91 Å². The lowest BCUT2D eigenvalue weighted by molar-refractivity contribution is 0.0790. The van der Waals surface area contributed by atoms with Gasteiger partial charge in [-0.25, -0.2) is 9.97 Å². The van der Waals surface area contributed by atoms with Crippen LogP contribution in [0.25, 0.3) is 11.3 Å². The maximum Gasteiger partial charge on any atom is 0.254 e. The van der Waals surface area contributed by atoms with E-state index in [0.29, 0.717) is 12.0 Å². The third-order valence-electron chi connectivity index (χ3n) is 5.80. The fourth-order valence-corrected chi connectivity index (χ4v) is 4.44. The molecule has 0 radical (unpaired) electrons. The highest BCUT2D eigenvalue weighted by molar-refractivity contribution is 6.00. The van der Waals surface area contributed by atoms with Gasteiger partial charge < -0.3 is 14.8 Å². The number of benzene rings is 1. The smallest absolute Gasteiger partial charge is 0.254 e. The first-order valence-corrected chi connectivity index (χ1v) is 9.71. The fraction of sp³-hybridized carbons (Fsp3) is 0.318. The van der Waals surface area contributed by atoms with Crippen LogP contribution in [0.2, 0.25) is 0 Å². The zero-order valence-corrected chi connectivity index (χ0v) is 16.1. The van der Waals surface area contributed by atoms with Crippen LogP contribution in [-0.2, 0) is 0 Å². The van der Waals surface area contributed by atoms with Gasteiger partial charge in [-0.1, -0.05) is 18.2 Å². The maximum absolute atomic E-state index is 13.3. The lowest BCUT2D eigenvalue weighted by Crippen LogP contribution is -2.56. The molecule has 142 valence electrons. The van der Waals surface area contributed by atoms with Crippen LogP contribution in [0.15, 0.2) is 48.7 Å². The van der Waals surface area contributed by atoms with E-state index >= 15 is 0 Å². The van der Waals surface area contributed by atoms with E-state index in [2.05, 4.69) is 19.9 Å². The van der Waals surface area contributed by atoms with Crippen molar-refractivity contribution in [2.24, 2.45) is 5.92 Å². The molecule has 1 amide bonds. The van der Waals surface area contributed by atoms with Crippen molar-refractivity contribution >= 4 is 11.9 Å². The largest absolute Gasteiger partial charge is 0.361 e. The van der Waals surface area contributed by atoms with Crippen LogP contribution < -0.4 is 4.90 Å². The summed E-state index contributed by atoms with van der Waals surface area (Å²) >= 11 is 0. The zero-order chi connectivity index (χ0) is 19.3. The Morgan fingerprint density at radius 3 is 2.57 bits per heavy atom. The molecule has 2 aliphatic rings. The van der Waals surface area contributed by atoms with Crippen LogP contribution in [0.3, 0.4) is 0 Å². The molecule has 28 heavy (non-hydrogen) atoms. The third kappa shape index (κ3) is 2.76. The van der Waals surface area contributed by atoms with Crippen LogP contribution in [0.4, 0.5) is 5.95 Å². The normalized spacial score (nSPS) is 20.8. The minimum absolute atomic E-state index is 0.0980. The summed E-state index contributed by atoms with van der Waals surface area (Å²) in [5, 5.41) is 0. The molecule has 0 saturated carbocycles. The average molecular weight is 373 g/mol. The first-order chi connectivity index (χ1) is 13.6. The molecule has 2 unspecified atom stereocenters. The number of carbonyl (C=O) groups excluding carboxylic acids is 1. The molecule has 6 heteroatoms. The van der Waals surface area contributed by atoms with Gasteiger partial charge in [-0.15, -0.1) is 0 Å². The number of aromatic nitrogens is 3. The van der Waals surface area contributed by atoms with Crippen molar-refractivity contribution in [1.29, 1.82) is 0 Å². The van der Waals surface area contributed by atoms with Crippen molar-refractivity contribution in [2.45, 2.75) is 19.9 Å². The summed E-state index contributed by atoms with van der Waals surface area (Å²) in [4.78, 5) is 29.9. The third-order valence-corrected chi connectivity index (χ3v) is 5.80. The van der Waals surface area contributed by atoms with E-state index in [0.717, 1.165) is 53.8 Å². The topological polar surface area (TPSA) is 65.1 Å². The van der Waals surface area contributed by atoms with Crippen LogP contribution in [0.1, 0.15) is 21.7 Å². The molecule has 2 saturated heterocycles. The monoisotopic (exact) mass is 373 g/mol. The highest BCUT2D eigenvalue weighted by atomic mass is 16.2. The van der Waals surface area contributed by atoms with Gasteiger partial charge in [-0.2, -0.15) is 0 Å². The molecule has 4 heterocycles. The van der Waals surface area contributed by atoms with Crippen molar-refractivity contribution in [3.05, 3.63) is 65.6 Å². The Kier molecular flexibility index (Phi) is 3.93. The van der Waals surface area contributed by atoms with E-state index in [9.17, 15) is 4.79 Å². The van der Waals surface area contributed by atoms with Gasteiger partial charge in [0, 0.05) is 60.0 Å². The summed E-state index contributed by atoms with van der Waals surface area (Å²) < 4.78 is 0. The molecule has 0 aliphatic carbocycles. The molecule has 3 aromatic rings. The molecule has 0 bridgehead atoms. The first-order valence-electron chi connectivity index (χ1n) is 9.71. The van der Waals surface area contributed by atoms with Crippen molar-refractivity contribution in [3.63, 3.8) is 0 Å². The Balaban J connectivity index is 1.37. The molecule has 2 atom stereocenters. The second-order valence-electron chi connectivity index (χ2n) is 7.77. The summed E-state index contributed by atoms with van der Waals surface area (Å²) in [7, 11) is 0. The van der Waals surface area contributed by atoms with Gasteiger partial charge in [-0.05, 0) is 38.1 Å². The molecule has 0 spiro atoms. The van der Waals surface area contributed by atoms with E-state index < -0.39 is 0 Å². The van der Waals surface area contributed by atoms with Crippen molar-refractivity contribution in [2.75, 3.05) is 24.5 Å². The summed E-state index contributed by atoms with van der Waals surface area (Å²) in [5.74, 6) is 1.38. The molecule has 2 aliphatic heterocycles. The van der Waals surface area contributed by atoms with Crippen molar-refractivity contribution < 1.29 is 4.79 Å². The Bertz CT molecular complexity index is 1010.